The molecule has 2 aromatic carbocycles. The summed E-state index contributed by atoms with van der Waals surface area (Å²) in [6.45, 7) is 3.88. The van der Waals surface area contributed by atoms with Gasteiger partial charge >= 0.3 is 0 Å². The van der Waals surface area contributed by atoms with Crippen molar-refractivity contribution in [3.8, 4) is 5.75 Å². The minimum atomic E-state index is -0.969. The monoisotopic (exact) mass is 518 g/mol. The number of aromatic hydroxyl groups is 1. The molecule has 0 saturated carbocycles. The summed E-state index contributed by atoms with van der Waals surface area (Å²) in [5, 5.41) is 21.3. The summed E-state index contributed by atoms with van der Waals surface area (Å²) < 4.78 is 20.0. The molecule has 2 aliphatic heterocycles. The number of likely N-dealkylation sites (tertiary alicyclic amines) is 1. The summed E-state index contributed by atoms with van der Waals surface area (Å²) in [6, 6.07) is 9.07. The normalized spacial score (nSPS) is 21.0. The van der Waals surface area contributed by atoms with Crippen molar-refractivity contribution in [2.75, 3.05) is 39.4 Å². The summed E-state index contributed by atoms with van der Waals surface area (Å²) >= 11 is 3.28. The van der Waals surface area contributed by atoms with E-state index in [2.05, 4.69) is 20.8 Å². The molecule has 2 aliphatic rings. The molecular formula is C24H24BrFN2O5. The van der Waals surface area contributed by atoms with Crippen LogP contribution in [0.5, 0.6) is 5.75 Å². The number of morpholine rings is 1. The molecule has 2 N–H and O–H groups in total. The van der Waals surface area contributed by atoms with Crippen LogP contribution in [-0.2, 0) is 14.3 Å². The van der Waals surface area contributed by atoms with E-state index in [4.69, 9.17) is 4.74 Å². The highest BCUT2D eigenvalue weighted by Crippen LogP contribution is 2.41. The summed E-state index contributed by atoms with van der Waals surface area (Å²) in [7, 11) is 0. The molecule has 2 heterocycles. The van der Waals surface area contributed by atoms with Crippen molar-refractivity contribution in [1.29, 1.82) is 0 Å². The number of Topliss-reactive ketones (excluding diaryl/α,β-unsaturated/α-hetero) is 1. The van der Waals surface area contributed by atoms with E-state index in [-0.39, 0.29) is 23.4 Å². The number of aliphatic hydroxyl groups is 1. The van der Waals surface area contributed by atoms with Gasteiger partial charge in [0.05, 0.1) is 30.4 Å². The van der Waals surface area contributed by atoms with Gasteiger partial charge in [-0.2, -0.15) is 0 Å². The van der Waals surface area contributed by atoms with E-state index in [1.807, 2.05) is 0 Å². The predicted molar refractivity (Wildman–Crippen MR) is 123 cm³/mol. The minimum Gasteiger partial charge on any atom is -0.507 e. The number of aliphatic hydroxyl groups excluding tert-OH is 1. The minimum absolute atomic E-state index is 0.0112. The summed E-state index contributed by atoms with van der Waals surface area (Å²) in [4.78, 5) is 29.6. The maximum atomic E-state index is 14.1. The number of benzene rings is 2. The van der Waals surface area contributed by atoms with Gasteiger partial charge in [0.1, 0.15) is 17.3 Å². The molecule has 33 heavy (non-hydrogen) atoms. The molecule has 1 unspecified atom stereocenters. The van der Waals surface area contributed by atoms with Crippen molar-refractivity contribution in [2.45, 2.75) is 12.5 Å². The van der Waals surface area contributed by atoms with E-state index in [0.29, 0.717) is 36.2 Å². The molecule has 9 heteroatoms. The number of carbonyl (C=O) groups excluding carboxylic acids is 2. The van der Waals surface area contributed by atoms with Gasteiger partial charge in [-0.1, -0.05) is 28.1 Å². The maximum Gasteiger partial charge on any atom is 0.295 e. The number of phenolic OH excluding ortho intramolecular Hbond substituents is 1. The first-order valence-electron chi connectivity index (χ1n) is 10.7. The van der Waals surface area contributed by atoms with Crippen LogP contribution in [-0.4, -0.2) is 71.1 Å². The summed E-state index contributed by atoms with van der Waals surface area (Å²) in [6.07, 6.45) is 0.598. The fourth-order valence-electron chi connectivity index (χ4n) is 4.27. The molecule has 2 fully saturated rings. The Morgan fingerprint density at radius 2 is 1.88 bits per heavy atom. The molecule has 0 aromatic heterocycles. The molecule has 1 amide bonds. The van der Waals surface area contributed by atoms with Crippen LogP contribution in [0.2, 0.25) is 0 Å². The van der Waals surface area contributed by atoms with Crippen LogP contribution in [0.1, 0.15) is 23.6 Å². The van der Waals surface area contributed by atoms with Gasteiger partial charge in [0.25, 0.3) is 11.7 Å². The average Bonchev–Trinajstić information content (AvgIpc) is 3.06. The first-order valence-corrected chi connectivity index (χ1v) is 11.5. The molecule has 174 valence electrons. The third-order valence-corrected chi connectivity index (χ3v) is 6.39. The number of hydrogen-bond acceptors (Lipinski definition) is 6. The topological polar surface area (TPSA) is 90.3 Å². The summed E-state index contributed by atoms with van der Waals surface area (Å²) in [5.74, 6) is -2.89. The lowest BCUT2D eigenvalue weighted by Crippen LogP contribution is -2.39. The van der Waals surface area contributed by atoms with Crippen LogP contribution < -0.4 is 0 Å². The zero-order valence-corrected chi connectivity index (χ0v) is 19.4. The molecule has 0 radical (unpaired) electrons. The molecule has 2 saturated heterocycles. The Hall–Kier alpha value is -2.75. The Morgan fingerprint density at radius 1 is 1.12 bits per heavy atom. The van der Waals surface area contributed by atoms with E-state index < -0.39 is 29.3 Å². The standard InChI is InChI=1S/C24H24BrFN2O5/c25-16-5-6-19(29)18(14-16)22(30)20-21(15-3-1-4-17(26)13-15)28(24(32)23(20)31)8-2-7-27-9-11-33-12-10-27/h1,3-6,13-14,21,29-30H,2,7-12H2/b22-20+. The smallest absolute Gasteiger partial charge is 0.295 e. The lowest BCUT2D eigenvalue weighted by atomic mass is 9.95. The number of halogens is 2. The van der Waals surface area contributed by atoms with E-state index in [1.54, 1.807) is 12.1 Å². The Bertz CT molecular complexity index is 1100. The number of hydrogen-bond donors (Lipinski definition) is 2. The number of ketones is 1. The van der Waals surface area contributed by atoms with Gasteiger partial charge in [-0.15, -0.1) is 0 Å². The van der Waals surface area contributed by atoms with E-state index >= 15 is 0 Å². The van der Waals surface area contributed by atoms with Gasteiger partial charge in [0.15, 0.2) is 0 Å². The highest BCUT2D eigenvalue weighted by Gasteiger charge is 2.46. The molecule has 2 aromatic rings. The van der Waals surface area contributed by atoms with Crippen LogP contribution in [0.25, 0.3) is 5.76 Å². The van der Waals surface area contributed by atoms with Gasteiger partial charge in [-0.3, -0.25) is 14.5 Å². The largest absolute Gasteiger partial charge is 0.507 e. The summed E-state index contributed by atoms with van der Waals surface area (Å²) in [5.41, 5.74) is 0.207. The number of ether oxygens (including phenoxy) is 1. The zero-order chi connectivity index (χ0) is 23.5. The maximum absolute atomic E-state index is 14.1. The number of amides is 1. The molecular weight excluding hydrogens is 495 g/mol. The lowest BCUT2D eigenvalue weighted by Gasteiger charge is -2.29. The van der Waals surface area contributed by atoms with Crippen LogP contribution in [0, 0.1) is 5.82 Å². The Labute approximate surface area is 199 Å². The van der Waals surface area contributed by atoms with Crippen molar-refractivity contribution in [1.82, 2.24) is 9.80 Å². The fourth-order valence-corrected chi connectivity index (χ4v) is 4.63. The third kappa shape index (κ3) is 4.95. The van der Waals surface area contributed by atoms with Crippen LogP contribution >= 0.6 is 15.9 Å². The Morgan fingerprint density at radius 3 is 2.61 bits per heavy atom. The zero-order valence-electron chi connectivity index (χ0n) is 17.8. The van der Waals surface area contributed by atoms with Gasteiger partial charge < -0.3 is 19.8 Å². The Kier molecular flexibility index (Phi) is 7.11. The van der Waals surface area contributed by atoms with Crippen LogP contribution in [0.3, 0.4) is 0 Å². The second-order valence-corrected chi connectivity index (χ2v) is 8.93. The van der Waals surface area contributed by atoms with E-state index in [1.165, 1.54) is 35.2 Å². The number of phenols is 1. The van der Waals surface area contributed by atoms with Gasteiger partial charge in [-0.05, 0) is 42.3 Å². The number of rotatable bonds is 6. The first-order chi connectivity index (χ1) is 15.9. The second kappa shape index (κ2) is 10.0. The van der Waals surface area contributed by atoms with Crippen LogP contribution in [0.15, 0.2) is 52.5 Å². The predicted octanol–water partition coefficient (Wildman–Crippen LogP) is 3.44. The highest BCUT2D eigenvalue weighted by atomic mass is 79.9. The third-order valence-electron chi connectivity index (χ3n) is 5.90. The van der Waals surface area contributed by atoms with Gasteiger partial charge in [0, 0.05) is 30.7 Å². The lowest BCUT2D eigenvalue weighted by molar-refractivity contribution is -0.140. The molecule has 0 aliphatic carbocycles. The van der Waals surface area contributed by atoms with Crippen molar-refractivity contribution in [3.63, 3.8) is 0 Å². The highest BCUT2D eigenvalue weighted by molar-refractivity contribution is 9.10. The molecule has 1 atom stereocenters. The first kappa shape index (κ1) is 23.4. The van der Waals surface area contributed by atoms with Crippen molar-refractivity contribution < 1.29 is 28.9 Å². The number of nitrogens with zero attached hydrogens (tertiary/aromatic N) is 2. The Balaban J connectivity index is 1.71. The molecule has 7 nitrogen and oxygen atoms in total. The molecule has 0 bridgehead atoms. The fraction of sp³-hybridized carbons (Fsp3) is 0.333. The van der Waals surface area contributed by atoms with Crippen molar-refractivity contribution >= 4 is 33.4 Å². The van der Waals surface area contributed by atoms with E-state index in [0.717, 1.165) is 13.1 Å². The van der Waals surface area contributed by atoms with Gasteiger partial charge in [0.2, 0.25) is 0 Å². The molecule has 4 rings (SSSR count). The van der Waals surface area contributed by atoms with Crippen molar-refractivity contribution in [3.05, 3.63) is 69.5 Å². The molecule has 0 spiro atoms. The second-order valence-electron chi connectivity index (χ2n) is 8.02. The quantitative estimate of drug-likeness (QED) is 0.346. The SMILES string of the molecule is O=C1C(=O)N(CCCN2CCOCC2)C(c2cccc(F)c2)/C1=C(\O)c1cc(Br)ccc1O. The van der Waals surface area contributed by atoms with Crippen molar-refractivity contribution in [2.24, 2.45) is 0 Å². The average molecular weight is 519 g/mol. The van der Waals surface area contributed by atoms with Crippen LogP contribution in [0.4, 0.5) is 4.39 Å². The van der Waals surface area contributed by atoms with E-state index in [9.17, 15) is 24.2 Å². The number of carbonyl (C=O) groups is 2. The van der Waals surface area contributed by atoms with Gasteiger partial charge in [-0.25, -0.2) is 4.39 Å².